The van der Waals surface area contributed by atoms with Crippen LogP contribution in [0.1, 0.15) is 15.4 Å². The van der Waals surface area contributed by atoms with Gasteiger partial charge in [0.05, 0.1) is 4.88 Å². The molecule has 0 fully saturated rings. The fourth-order valence-electron chi connectivity index (χ4n) is 2.07. The summed E-state index contributed by atoms with van der Waals surface area (Å²) in [7, 11) is 0. The van der Waals surface area contributed by atoms with E-state index in [9.17, 15) is 9.18 Å². The van der Waals surface area contributed by atoms with E-state index in [2.05, 4.69) is 10.3 Å². The minimum absolute atomic E-state index is 0.175. The van der Waals surface area contributed by atoms with Gasteiger partial charge in [0.1, 0.15) is 5.82 Å². The van der Waals surface area contributed by atoms with E-state index in [0.29, 0.717) is 23.2 Å². The highest BCUT2D eigenvalue weighted by Crippen LogP contribution is 2.27. The summed E-state index contributed by atoms with van der Waals surface area (Å²) in [5, 5.41) is 3.33. The number of fused-ring (bicyclic) bond motifs is 1. The van der Waals surface area contributed by atoms with E-state index in [0.717, 1.165) is 10.4 Å². The second-order valence-corrected chi connectivity index (χ2v) is 5.67. The highest BCUT2D eigenvalue weighted by molar-refractivity contribution is 7.20. The number of nitrogens with zero attached hydrogens (tertiary/aromatic N) is 1. The molecule has 2 heterocycles. The maximum Gasteiger partial charge on any atom is 0.261 e. The number of halogens is 1. The smallest absolute Gasteiger partial charge is 0.261 e. The van der Waals surface area contributed by atoms with Gasteiger partial charge in [0.2, 0.25) is 0 Å². The number of carbonyl (C=O) groups is 1. The van der Waals surface area contributed by atoms with E-state index >= 15 is 0 Å². The van der Waals surface area contributed by atoms with Crippen LogP contribution in [0, 0.1) is 5.82 Å². The lowest BCUT2D eigenvalue weighted by molar-refractivity contribution is 0.0958. The highest BCUT2D eigenvalue weighted by atomic mass is 32.1. The van der Waals surface area contributed by atoms with Crippen LogP contribution in [-0.2, 0) is 6.42 Å². The van der Waals surface area contributed by atoms with Crippen molar-refractivity contribution in [3.05, 3.63) is 65.0 Å². The molecule has 0 aliphatic rings. The van der Waals surface area contributed by atoms with Gasteiger partial charge in [-0.25, -0.2) is 4.39 Å². The van der Waals surface area contributed by atoms with Crippen molar-refractivity contribution >= 4 is 27.3 Å². The monoisotopic (exact) mass is 300 g/mol. The van der Waals surface area contributed by atoms with Gasteiger partial charge >= 0.3 is 0 Å². The van der Waals surface area contributed by atoms with Crippen LogP contribution < -0.4 is 5.32 Å². The lowest BCUT2D eigenvalue weighted by Crippen LogP contribution is -2.25. The van der Waals surface area contributed by atoms with Gasteiger partial charge in [-0.2, -0.15) is 0 Å². The van der Waals surface area contributed by atoms with Crippen molar-refractivity contribution in [2.45, 2.75) is 6.42 Å². The van der Waals surface area contributed by atoms with Crippen LogP contribution >= 0.6 is 11.3 Å². The molecule has 3 rings (SSSR count). The zero-order valence-corrected chi connectivity index (χ0v) is 12.0. The van der Waals surface area contributed by atoms with E-state index in [4.69, 9.17) is 0 Å². The fourth-order valence-corrected chi connectivity index (χ4v) is 3.07. The summed E-state index contributed by atoms with van der Waals surface area (Å²) in [5.74, 6) is -0.470. The summed E-state index contributed by atoms with van der Waals surface area (Å²) in [6, 6.07) is 12.2. The van der Waals surface area contributed by atoms with E-state index in [1.165, 1.54) is 17.4 Å². The molecule has 0 bridgehead atoms. The summed E-state index contributed by atoms with van der Waals surface area (Å²) in [5.41, 5.74) is 0.931. The number of nitrogens with one attached hydrogen (secondary N) is 1. The third kappa shape index (κ3) is 3.08. The molecule has 0 spiro atoms. The summed E-state index contributed by atoms with van der Waals surface area (Å²) in [6.07, 6.45) is 2.40. The van der Waals surface area contributed by atoms with Crippen LogP contribution in [0.5, 0.6) is 0 Å². The predicted octanol–water partition coefficient (Wildman–Crippen LogP) is 3.41. The van der Waals surface area contributed by atoms with Crippen molar-refractivity contribution in [1.29, 1.82) is 0 Å². The lowest BCUT2D eigenvalue weighted by atomic mass is 10.2. The Morgan fingerprint density at radius 2 is 2.14 bits per heavy atom. The van der Waals surface area contributed by atoms with Gasteiger partial charge in [-0.05, 0) is 30.3 Å². The van der Waals surface area contributed by atoms with E-state index in [1.807, 2.05) is 24.3 Å². The molecule has 1 N–H and O–H groups in total. The SMILES string of the molecule is O=C(NCCc1ccccn1)c1cc2c(F)cccc2s1. The maximum atomic E-state index is 13.6. The van der Waals surface area contributed by atoms with Crippen LogP contribution in [0.15, 0.2) is 48.7 Å². The Labute approximate surface area is 125 Å². The molecule has 5 heteroatoms. The second kappa shape index (κ2) is 6.01. The molecule has 106 valence electrons. The van der Waals surface area contributed by atoms with Gasteiger partial charge in [0.25, 0.3) is 5.91 Å². The van der Waals surface area contributed by atoms with Crippen LogP contribution in [0.2, 0.25) is 0 Å². The quantitative estimate of drug-likeness (QED) is 0.802. The number of pyridine rings is 1. The van der Waals surface area contributed by atoms with Gasteiger partial charge in [-0.1, -0.05) is 12.1 Å². The van der Waals surface area contributed by atoms with Gasteiger partial charge < -0.3 is 5.32 Å². The number of hydrogen-bond acceptors (Lipinski definition) is 3. The predicted molar refractivity (Wildman–Crippen MR) is 82.1 cm³/mol. The Bertz CT molecular complexity index is 770. The summed E-state index contributed by atoms with van der Waals surface area (Å²) >= 11 is 1.30. The number of carbonyl (C=O) groups excluding carboxylic acids is 1. The summed E-state index contributed by atoms with van der Waals surface area (Å²) < 4.78 is 14.4. The van der Waals surface area contributed by atoms with Crippen LogP contribution in [0.4, 0.5) is 4.39 Å². The number of thiophene rings is 1. The molecule has 1 amide bonds. The number of hydrogen-bond donors (Lipinski definition) is 1. The molecule has 0 radical (unpaired) electrons. The fraction of sp³-hybridized carbons (Fsp3) is 0.125. The molecule has 0 aliphatic heterocycles. The largest absolute Gasteiger partial charge is 0.351 e. The summed E-state index contributed by atoms with van der Waals surface area (Å²) in [6.45, 7) is 0.507. The molecule has 1 aromatic carbocycles. The minimum atomic E-state index is -0.295. The maximum absolute atomic E-state index is 13.6. The Morgan fingerprint density at radius 1 is 1.24 bits per heavy atom. The average molecular weight is 300 g/mol. The zero-order valence-electron chi connectivity index (χ0n) is 11.2. The van der Waals surface area contributed by atoms with Crippen LogP contribution in [0.25, 0.3) is 10.1 Å². The molecule has 0 aliphatic carbocycles. The Morgan fingerprint density at radius 3 is 2.90 bits per heavy atom. The third-order valence-electron chi connectivity index (χ3n) is 3.12. The second-order valence-electron chi connectivity index (χ2n) is 4.59. The first-order valence-corrected chi connectivity index (χ1v) is 7.42. The van der Waals surface area contributed by atoms with Crippen molar-refractivity contribution in [2.75, 3.05) is 6.54 Å². The number of aromatic nitrogens is 1. The van der Waals surface area contributed by atoms with E-state index in [-0.39, 0.29) is 11.7 Å². The molecule has 2 aromatic heterocycles. The zero-order chi connectivity index (χ0) is 14.7. The van der Waals surface area contributed by atoms with E-state index in [1.54, 1.807) is 18.3 Å². The third-order valence-corrected chi connectivity index (χ3v) is 4.22. The molecule has 21 heavy (non-hydrogen) atoms. The highest BCUT2D eigenvalue weighted by Gasteiger charge is 2.11. The van der Waals surface area contributed by atoms with Gasteiger partial charge in [-0.3, -0.25) is 9.78 Å². The van der Waals surface area contributed by atoms with Gasteiger partial charge in [-0.15, -0.1) is 11.3 Å². The molecule has 0 atom stereocenters. The Kier molecular flexibility index (Phi) is 3.92. The normalized spacial score (nSPS) is 10.7. The van der Waals surface area contributed by atoms with E-state index < -0.39 is 0 Å². The number of amides is 1. The molecule has 3 aromatic rings. The topological polar surface area (TPSA) is 42.0 Å². The molecule has 0 unspecified atom stereocenters. The van der Waals surface area contributed by atoms with Crippen molar-refractivity contribution < 1.29 is 9.18 Å². The first-order chi connectivity index (χ1) is 10.2. The molecular formula is C16H13FN2OS. The van der Waals surface area contributed by atoms with Crippen molar-refractivity contribution in [1.82, 2.24) is 10.3 Å². The van der Waals surface area contributed by atoms with Crippen LogP contribution in [0.3, 0.4) is 0 Å². The standard InChI is InChI=1S/C16H13FN2OS/c17-13-5-3-6-14-12(13)10-15(21-14)16(20)19-9-7-11-4-1-2-8-18-11/h1-6,8,10H,7,9H2,(H,19,20). The van der Waals surface area contributed by atoms with Gasteiger partial charge in [0.15, 0.2) is 0 Å². The Hall–Kier alpha value is -2.27. The lowest BCUT2D eigenvalue weighted by Gasteiger charge is -2.02. The first-order valence-electron chi connectivity index (χ1n) is 6.60. The molecule has 0 saturated carbocycles. The molecule has 0 saturated heterocycles. The van der Waals surface area contributed by atoms with Crippen LogP contribution in [-0.4, -0.2) is 17.4 Å². The summed E-state index contributed by atoms with van der Waals surface area (Å²) in [4.78, 5) is 16.8. The van der Waals surface area contributed by atoms with Crippen molar-refractivity contribution in [3.63, 3.8) is 0 Å². The Balaban J connectivity index is 1.65. The molecular weight excluding hydrogens is 287 g/mol. The van der Waals surface area contributed by atoms with Crippen molar-refractivity contribution in [2.24, 2.45) is 0 Å². The average Bonchev–Trinajstić information content (AvgIpc) is 2.94. The van der Waals surface area contributed by atoms with Gasteiger partial charge in [0, 0.05) is 34.9 Å². The number of rotatable bonds is 4. The van der Waals surface area contributed by atoms with Crippen molar-refractivity contribution in [3.8, 4) is 0 Å². The molecule has 3 nitrogen and oxygen atoms in total. The first kappa shape index (κ1) is 13.7. The minimum Gasteiger partial charge on any atom is -0.351 e. The number of benzene rings is 1.